The molecule has 1 saturated carbocycles. The third-order valence-electron chi connectivity index (χ3n) is 5.21. The molecular weight excluding hydrogens is 382 g/mol. The van der Waals surface area contributed by atoms with Gasteiger partial charge in [0.15, 0.2) is 0 Å². The number of amides is 1. The molecule has 1 atom stereocenters. The number of benzene rings is 2. The molecule has 7 nitrogen and oxygen atoms in total. The lowest BCUT2D eigenvalue weighted by molar-refractivity contribution is 0.0907. The number of ether oxygens (including phenoxy) is 2. The monoisotopic (exact) mass is 407 g/mol. The Bertz CT molecular complexity index is 1030. The highest BCUT2D eigenvalue weighted by atomic mass is 16.5. The normalized spacial score (nSPS) is 14.2. The largest absolute Gasteiger partial charge is 0.497 e. The molecule has 0 unspecified atom stereocenters. The van der Waals surface area contributed by atoms with Crippen LogP contribution in [0.25, 0.3) is 5.69 Å². The molecule has 7 heteroatoms. The van der Waals surface area contributed by atoms with Crippen LogP contribution in [0.5, 0.6) is 11.5 Å². The molecule has 0 spiro atoms. The SMILES string of the molecule is COc1ccc(OC)c([C@H](O)CNC(=O)c2cc(C3CC3)nn2-c2ccccc2)c1. The summed E-state index contributed by atoms with van der Waals surface area (Å²) in [7, 11) is 3.09. The first-order valence-corrected chi connectivity index (χ1v) is 9.94. The van der Waals surface area contributed by atoms with Gasteiger partial charge in [0.25, 0.3) is 5.91 Å². The van der Waals surface area contributed by atoms with Gasteiger partial charge in [0, 0.05) is 18.0 Å². The van der Waals surface area contributed by atoms with E-state index in [4.69, 9.17) is 9.47 Å². The molecule has 2 aromatic carbocycles. The molecule has 1 fully saturated rings. The van der Waals surface area contributed by atoms with Gasteiger partial charge in [0.05, 0.1) is 25.6 Å². The van der Waals surface area contributed by atoms with Gasteiger partial charge in [-0.3, -0.25) is 4.79 Å². The fourth-order valence-corrected chi connectivity index (χ4v) is 3.40. The molecule has 0 saturated heterocycles. The number of carbonyl (C=O) groups excluding carboxylic acids is 1. The Kier molecular flexibility index (Phi) is 5.72. The van der Waals surface area contributed by atoms with Crippen molar-refractivity contribution < 1.29 is 19.4 Å². The Labute approximate surface area is 175 Å². The Morgan fingerprint density at radius 3 is 2.60 bits per heavy atom. The number of rotatable bonds is 8. The molecule has 2 N–H and O–H groups in total. The van der Waals surface area contributed by atoms with Gasteiger partial charge < -0.3 is 19.9 Å². The highest BCUT2D eigenvalue weighted by Gasteiger charge is 2.29. The first kappa shape index (κ1) is 20.0. The number of hydrogen-bond donors (Lipinski definition) is 2. The van der Waals surface area contributed by atoms with Crippen molar-refractivity contribution in [3.05, 3.63) is 71.5 Å². The van der Waals surface area contributed by atoms with Crippen molar-refractivity contribution in [1.82, 2.24) is 15.1 Å². The second kappa shape index (κ2) is 8.59. The summed E-state index contributed by atoms with van der Waals surface area (Å²) >= 11 is 0. The van der Waals surface area contributed by atoms with E-state index >= 15 is 0 Å². The standard InChI is InChI=1S/C23H25N3O4/c1-29-17-10-11-22(30-2)18(12-17)21(27)14-24-23(28)20-13-19(15-8-9-15)25-26(20)16-6-4-3-5-7-16/h3-7,10-13,15,21,27H,8-9,14H2,1-2H3,(H,24,28)/t21-/m1/s1. The number of hydrogen-bond acceptors (Lipinski definition) is 5. The quantitative estimate of drug-likeness (QED) is 0.599. The number of para-hydroxylation sites is 1. The zero-order valence-electron chi connectivity index (χ0n) is 17.0. The molecule has 30 heavy (non-hydrogen) atoms. The van der Waals surface area contributed by atoms with Crippen LogP contribution in [-0.2, 0) is 0 Å². The number of aromatic nitrogens is 2. The molecule has 0 aliphatic heterocycles. The van der Waals surface area contributed by atoms with E-state index in [1.807, 2.05) is 36.4 Å². The van der Waals surface area contributed by atoms with Crippen LogP contribution in [0.3, 0.4) is 0 Å². The molecule has 4 rings (SSSR count). The summed E-state index contributed by atoms with van der Waals surface area (Å²) in [6.45, 7) is 0.0289. The summed E-state index contributed by atoms with van der Waals surface area (Å²) in [5.41, 5.74) is 2.75. The first-order valence-electron chi connectivity index (χ1n) is 9.94. The third kappa shape index (κ3) is 4.16. The predicted octanol–water partition coefficient (Wildman–Crippen LogP) is 3.23. The van der Waals surface area contributed by atoms with E-state index in [0.29, 0.717) is 28.7 Å². The third-order valence-corrected chi connectivity index (χ3v) is 5.21. The van der Waals surface area contributed by atoms with Gasteiger partial charge in [-0.05, 0) is 49.2 Å². The molecule has 0 bridgehead atoms. The maximum absolute atomic E-state index is 13.0. The van der Waals surface area contributed by atoms with Gasteiger partial charge in [-0.15, -0.1) is 0 Å². The lowest BCUT2D eigenvalue weighted by Gasteiger charge is -2.17. The van der Waals surface area contributed by atoms with E-state index in [1.165, 1.54) is 7.11 Å². The highest BCUT2D eigenvalue weighted by Crippen LogP contribution is 2.39. The second-order valence-electron chi connectivity index (χ2n) is 7.31. The van der Waals surface area contributed by atoms with Crippen LogP contribution in [0.15, 0.2) is 54.6 Å². The van der Waals surface area contributed by atoms with Gasteiger partial charge in [0.1, 0.15) is 23.3 Å². The van der Waals surface area contributed by atoms with E-state index in [1.54, 1.807) is 30.0 Å². The van der Waals surface area contributed by atoms with Crippen LogP contribution in [0.4, 0.5) is 0 Å². The average Bonchev–Trinajstić information content (AvgIpc) is 3.55. The lowest BCUT2D eigenvalue weighted by atomic mass is 10.1. The fraction of sp³-hybridized carbons (Fsp3) is 0.304. The zero-order valence-corrected chi connectivity index (χ0v) is 17.0. The number of aliphatic hydroxyl groups excluding tert-OH is 1. The van der Waals surface area contributed by atoms with Crippen molar-refractivity contribution in [3.8, 4) is 17.2 Å². The molecule has 1 amide bonds. The van der Waals surface area contributed by atoms with Crippen LogP contribution in [0.1, 0.15) is 46.6 Å². The van der Waals surface area contributed by atoms with Gasteiger partial charge in [-0.1, -0.05) is 18.2 Å². The summed E-state index contributed by atoms with van der Waals surface area (Å²) in [6, 6.07) is 16.6. The minimum atomic E-state index is -0.949. The molecule has 0 radical (unpaired) electrons. The van der Waals surface area contributed by atoms with Crippen molar-refractivity contribution in [2.24, 2.45) is 0 Å². The van der Waals surface area contributed by atoms with Crippen LogP contribution >= 0.6 is 0 Å². The Morgan fingerprint density at radius 1 is 1.17 bits per heavy atom. The van der Waals surface area contributed by atoms with Gasteiger partial charge in [-0.25, -0.2) is 4.68 Å². The van der Waals surface area contributed by atoms with Gasteiger partial charge >= 0.3 is 0 Å². The molecule has 156 valence electrons. The van der Waals surface area contributed by atoms with E-state index in [2.05, 4.69) is 10.4 Å². The fourth-order valence-electron chi connectivity index (χ4n) is 3.40. The molecule has 1 aliphatic rings. The maximum atomic E-state index is 13.0. The van der Waals surface area contributed by atoms with E-state index < -0.39 is 6.10 Å². The molecule has 1 aliphatic carbocycles. The summed E-state index contributed by atoms with van der Waals surface area (Å²) in [6.07, 6.45) is 1.25. The number of carbonyl (C=O) groups is 1. The molecular formula is C23H25N3O4. The van der Waals surface area contributed by atoms with Crippen molar-refractivity contribution in [2.45, 2.75) is 24.9 Å². The zero-order chi connectivity index (χ0) is 21.1. The van der Waals surface area contributed by atoms with Crippen LogP contribution in [0, 0.1) is 0 Å². The van der Waals surface area contributed by atoms with Crippen molar-refractivity contribution in [2.75, 3.05) is 20.8 Å². The number of nitrogens with one attached hydrogen (secondary N) is 1. The van der Waals surface area contributed by atoms with Gasteiger partial charge in [0.2, 0.25) is 0 Å². The smallest absolute Gasteiger partial charge is 0.270 e. The van der Waals surface area contributed by atoms with Crippen LogP contribution < -0.4 is 14.8 Å². The Balaban J connectivity index is 1.53. The van der Waals surface area contributed by atoms with Gasteiger partial charge in [-0.2, -0.15) is 5.10 Å². The van der Waals surface area contributed by atoms with E-state index in [0.717, 1.165) is 24.2 Å². The van der Waals surface area contributed by atoms with Crippen LogP contribution in [-0.4, -0.2) is 41.6 Å². The molecule has 1 heterocycles. The predicted molar refractivity (Wildman–Crippen MR) is 112 cm³/mol. The van der Waals surface area contributed by atoms with E-state index in [9.17, 15) is 9.90 Å². The van der Waals surface area contributed by atoms with Crippen molar-refractivity contribution in [1.29, 1.82) is 0 Å². The topological polar surface area (TPSA) is 85.6 Å². The maximum Gasteiger partial charge on any atom is 0.270 e. The molecule has 3 aromatic rings. The molecule has 1 aromatic heterocycles. The summed E-state index contributed by atoms with van der Waals surface area (Å²) < 4.78 is 12.2. The van der Waals surface area contributed by atoms with Crippen LogP contribution in [0.2, 0.25) is 0 Å². The summed E-state index contributed by atoms with van der Waals surface area (Å²) in [5.74, 6) is 1.27. The second-order valence-corrected chi connectivity index (χ2v) is 7.31. The number of nitrogens with zero attached hydrogens (tertiary/aromatic N) is 2. The first-order chi connectivity index (χ1) is 14.6. The van der Waals surface area contributed by atoms with Crippen molar-refractivity contribution in [3.63, 3.8) is 0 Å². The Morgan fingerprint density at radius 2 is 1.93 bits per heavy atom. The van der Waals surface area contributed by atoms with E-state index in [-0.39, 0.29) is 12.5 Å². The number of methoxy groups -OCH3 is 2. The summed E-state index contributed by atoms with van der Waals surface area (Å²) in [5, 5.41) is 18.1. The minimum absolute atomic E-state index is 0.0289. The summed E-state index contributed by atoms with van der Waals surface area (Å²) in [4.78, 5) is 13.0. The highest BCUT2D eigenvalue weighted by molar-refractivity contribution is 5.93. The number of aliphatic hydroxyl groups is 1. The lowest BCUT2D eigenvalue weighted by Crippen LogP contribution is -2.30. The Hall–Kier alpha value is -3.32. The van der Waals surface area contributed by atoms with Crippen molar-refractivity contribution >= 4 is 5.91 Å². The average molecular weight is 407 g/mol. The minimum Gasteiger partial charge on any atom is -0.497 e.